The summed E-state index contributed by atoms with van der Waals surface area (Å²) in [7, 11) is 2.32. The molecule has 2 fully saturated rings. The zero-order valence-corrected chi connectivity index (χ0v) is 13.5. The van der Waals surface area contributed by atoms with Crippen LogP contribution in [0.1, 0.15) is 37.1 Å². The normalized spacial score (nSPS) is 29.5. The van der Waals surface area contributed by atoms with E-state index in [-0.39, 0.29) is 0 Å². The zero-order valence-electron chi connectivity index (χ0n) is 12.7. The molecule has 0 amide bonds. The van der Waals surface area contributed by atoms with Crippen molar-refractivity contribution < 1.29 is 0 Å². The van der Waals surface area contributed by atoms with Gasteiger partial charge in [-0.25, -0.2) is 0 Å². The van der Waals surface area contributed by atoms with Crippen molar-refractivity contribution in [2.45, 2.75) is 44.3 Å². The SMILES string of the molecule is CC(NCCN1CCC2CCC(C1)N2C)c1cccs1. The van der Waals surface area contributed by atoms with E-state index in [9.17, 15) is 0 Å². The summed E-state index contributed by atoms with van der Waals surface area (Å²) in [5.41, 5.74) is 0. The molecule has 2 aliphatic rings. The lowest BCUT2D eigenvalue weighted by atomic mass is 10.1. The molecular weight excluding hydrogens is 266 g/mol. The van der Waals surface area contributed by atoms with E-state index in [1.54, 1.807) is 0 Å². The average molecular weight is 293 g/mol. The van der Waals surface area contributed by atoms with Gasteiger partial charge in [-0.05, 0) is 51.2 Å². The molecule has 1 aromatic heterocycles. The topological polar surface area (TPSA) is 18.5 Å². The van der Waals surface area contributed by atoms with Gasteiger partial charge in [-0.15, -0.1) is 11.3 Å². The molecule has 3 unspecified atom stereocenters. The first-order chi connectivity index (χ1) is 9.74. The first-order valence-electron chi connectivity index (χ1n) is 7.95. The molecule has 0 spiro atoms. The van der Waals surface area contributed by atoms with Crippen molar-refractivity contribution in [3.8, 4) is 0 Å². The van der Waals surface area contributed by atoms with Gasteiger partial charge < -0.3 is 10.2 Å². The monoisotopic (exact) mass is 293 g/mol. The minimum atomic E-state index is 0.487. The lowest BCUT2D eigenvalue weighted by molar-refractivity contribution is 0.218. The molecular formula is C16H27N3S. The molecule has 3 atom stereocenters. The molecule has 0 aromatic carbocycles. The second kappa shape index (κ2) is 6.56. The maximum atomic E-state index is 3.66. The summed E-state index contributed by atoms with van der Waals surface area (Å²) in [5.74, 6) is 0. The van der Waals surface area contributed by atoms with E-state index in [2.05, 4.69) is 46.6 Å². The van der Waals surface area contributed by atoms with Crippen molar-refractivity contribution in [3.05, 3.63) is 22.4 Å². The highest BCUT2D eigenvalue weighted by molar-refractivity contribution is 7.10. The first-order valence-corrected chi connectivity index (χ1v) is 8.83. The van der Waals surface area contributed by atoms with E-state index in [0.717, 1.165) is 18.6 Å². The van der Waals surface area contributed by atoms with Crippen molar-refractivity contribution in [1.29, 1.82) is 0 Å². The van der Waals surface area contributed by atoms with Crippen LogP contribution in [0.3, 0.4) is 0 Å². The first kappa shape index (κ1) is 14.5. The van der Waals surface area contributed by atoms with Crippen LogP contribution in [-0.2, 0) is 0 Å². The summed E-state index contributed by atoms with van der Waals surface area (Å²) >= 11 is 1.85. The summed E-state index contributed by atoms with van der Waals surface area (Å²) in [6.07, 6.45) is 4.17. The summed E-state index contributed by atoms with van der Waals surface area (Å²) in [6, 6.07) is 6.50. The summed E-state index contributed by atoms with van der Waals surface area (Å²) in [5, 5.41) is 5.82. The van der Waals surface area contributed by atoms with Gasteiger partial charge in [0.2, 0.25) is 0 Å². The second-order valence-electron chi connectivity index (χ2n) is 6.33. The Morgan fingerprint density at radius 1 is 1.35 bits per heavy atom. The Hall–Kier alpha value is -0.420. The third-order valence-electron chi connectivity index (χ3n) is 5.08. The molecule has 112 valence electrons. The number of likely N-dealkylation sites (tertiary alicyclic amines) is 1. The Bertz CT molecular complexity index is 406. The number of nitrogens with one attached hydrogen (secondary N) is 1. The van der Waals surface area contributed by atoms with Crippen LogP contribution in [-0.4, -0.2) is 55.1 Å². The van der Waals surface area contributed by atoms with Gasteiger partial charge in [-0.1, -0.05) is 6.07 Å². The third-order valence-corrected chi connectivity index (χ3v) is 6.14. The minimum Gasteiger partial charge on any atom is -0.308 e. The molecule has 2 aliphatic heterocycles. The van der Waals surface area contributed by atoms with Crippen LogP contribution in [0, 0.1) is 0 Å². The van der Waals surface area contributed by atoms with Gasteiger partial charge in [0.05, 0.1) is 0 Å². The Labute approximate surface area is 127 Å². The smallest absolute Gasteiger partial charge is 0.0386 e. The molecule has 20 heavy (non-hydrogen) atoms. The third kappa shape index (κ3) is 3.25. The van der Waals surface area contributed by atoms with Crippen LogP contribution in [0.5, 0.6) is 0 Å². The predicted molar refractivity (Wildman–Crippen MR) is 86.4 cm³/mol. The molecule has 1 aromatic rings. The molecule has 3 heterocycles. The van der Waals surface area contributed by atoms with E-state index < -0.39 is 0 Å². The van der Waals surface area contributed by atoms with Gasteiger partial charge >= 0.3 is 0 Å². The van der Waals surface area contributed by atoms with Gasteiger partial charge in [0.1, 0.15) is 0 Å². The number of nitrogens with zero attached hydrogens (tertiary/aromatic N) is 2. The van der Waals surface area contributed by atoms with Crippen LogP contribution in [0.25, 0.3) is 0 Å². The highest BCUT2D eigenvalue weighted by Crippen LogP contribution is 2.28. The van der Waals surface area contributed by atoms with Crippen LogP contribution < -0.4 is 5.32 Å². The second-order valence-corrected chi connectivity index (χ2v) is 7.31. The van der Waals surface area contributed by atoms with Crippen molar-refractivity contribution in [2.75, 3.05) is 33.2 Å². The van der Waals surface area contributed by atoms with Gasteiger partial charge in [0.25, 0.3) is 0 Å². The molecule has 0 aliphatic carbocycles. The van der Waals surface area contributed by atoms with Crippen molar-refractivity contribution in [2.24, 2.45) is 0 Å². The molecule has 1 N–H and O–H groups in total. The van der Waals surface area contributed by atoms with Gasteiger partial charge in [0.15, 0.2) is 0 Å². The largest absolute Gasteiger partial charge is 0.308 e. The minimum absolute atomic E-state index is 0.487. The number of fused-ring (bicyclic) bond motifs is 2. The Morgan fingerprint density at radius 3 is 3.00 bits per heavy atom. The van der Waals surface area contributed by atoms with E-state index >= 15 is 0 Å². The lowest BCUT2D eigenvalue weighted by Gasteiger charge is -2.26. The molecule has 0 radical (unpaired) electrons. The summed E-state index contributed by atoms with van der Waals surface area (Å²) in [4.78, 5) is 6.73. The number of hydrogen-bond donors (Lipinski definition) is 1. The highest BCUT2D eigenvalue weighted by atomic mass is 32.1. The van der Waals surface area contributed by atoms with Gasteiger partial charge in [-0.3, -0.25) is 4.90 Å². The molecule has 4 heteroatoms. The molecule has 2 saturated heterocycles. The Morgan fingerprint density at radius 2 is 2.20 bits per heavy atom. The quantitative estimate of drug-likeness (QED) is 0.900. The maximum absolute atomic E-state index is 3.66. The van der Waals surface area contributed by atoms with Crippen LogP contribution >= 0.6 is 11.3 Å². The average Bonchev–Trinajstić information content (AvgIpc) is 3.02. The van der Waals surface area contributed by atoms with E-state index in [1.807, 2.05) is 11.3 Å². The van der Waals surface area contributed by atoms with Gasteiger partial charge in [0, 0.05) is 42.6 Å². The molecule has 3 rings (SSSR count). The molecule has 3 nitrogen and oxygen atoms in total. The Balaban J connectivity index is 1.43. The number of hydrogen-bond acceptors (Lipinski definition) is 4. The number of likely N-dealkylation sites (N-methyl/N-ethyl adjacent to an activating group) is 1. The van der Waals surface area contributed by atoms with Crippen molar-refractivity contribution in [3.63, 3.8) is 0 Å². The van der Waals surface area contributed by atoms with Gasteiger partial charge in [-0.2, -0.15) is 0 Å². The molecule has 2 bridgehead atoms. The van der Waals surface area contributed by atoms with Crippen LogP contribution in [0.4, 0.5) is 0 Å². The van der Waals surface area contributed by atoms with E-state index in [4.69, 9.17) is 0 Å². The fraction of sp³-hybridized carbons (Fsp3) is 0.750. The molecule has 0 saturated carbocycles. The predicted octanol–water partition coefficient (Wildman–Crippen LogP) is 2.57. The van der Waals surface area contributed by atoms with Crippen LogP contribution in [0.2, 0.25) is 0 Å². The Kier molecular flexibility index (Phi) is 4.76. The van der Waals surface area contributed by atoms with E-state index in [1.165, 1.54) is 43.8 Å². The van der Waals surface area contributed by atoms with E-state index in [0.29, 0.717) is 6.04 Å². The van der Waals surface area contributed by atoms with Crippen molar-refractivity contribution >= 4 is 11.3 Å². The highest BCUT2D eigenvalue weighted by Gasteiger charge is 2.34. The van der Waals surface area contributed by atoms with Crippen molar-refractivity contribution in [1.82, 2.24) is 15.1 Å². The summed E-state index contributed by atoms with van der Waals surface area (Å²) < 4.78 is 0. The standard InChI is InChI=1S/C16H27N3S/c1-13(16-4-3-11-20-16)17-8-10-19-9-7-14-5-6-15(12-19)18(14)2/h3-4,11,13-15,17H,5-10,12H2,1-2H3. The fourth-order valence-corrected chi connectivity index (χ4v) is 4.42. The summed E-state index contributed by atoms with van der Waals surface area (Å²) in [6.45, 7) is 7.10. The zero-order chi connectivity index (χ0) is 13.9. The number of rotatable bonds is 5. The number of thiophene rings is 1. The maximum Gasteiger partial charge on any atom is 0.0386 e. The van der Waals surface area contributed by atoms with Crippen LogP contribution in [0.15, 0.2) is 17.5 Å². The lowest BCUT2D eigenvalue weighted by Crippen LogP contribution is -2.39. The fourth-order valence-electron chi connectivity index (χ4n) is 3.66.